The summed E-state index contributed by atoms with van der Waals surface area (Å²) in [5.41, 5.74) is 0. The Morgan fingerprint density at radius 1 is 1.20 bits per heavy atom. The van der Waals surface area contributed by atoms with Gasteiger partial charge >= 0.3 is 0 Å². The summed E-state index contributed by atoms with van der Waals surface area (Å²) in [4.78, 5) is 10.6. The molecule has 64 valence electrons. The summed E-state index contributed by atoms with van der Waals surface area (Å²) in [6, 6.07) is 0. The Hall–Kier alpha value is -0.330. The van der Waals surface area contributed by atoms with E-state index in [1.165, 1.54) is 0 Å². The van der Waals surface area contributed by atoms with E-state index in [4.69, 9.17) is 0 Å². The van der Waals surface area contributed by atoms with Crippen molar-refractivity contribution in [2.45, 2.75) is 48.5 Å². The van der Waals surface area contributed by atoms with E-state index in [1.54, 1.807) is 6.92 Å². The van der Waals surface area contributed by atoms with Gasteiger partial charge in [-0.25, -0.2) is 0 Å². The van der Waals surface area contributed by atoms with Crippen LogP contribution in [-0.4, -0.2) is 5.78 Å². The third-order valence-electron chi connectivity index (χ3n) is 1.56. The number of Topliss-reactive ketones (excluding diaryl/α,β-unsaturated/α-hetero) is 1. The van der Waals surface area contributed by atoms with Crippen LogP contribution in [-0.2, 0) is 4.79 Å². The number of hydrogen-bond donors (Lipinski definition) is 0. The Kier molecular flexibility index (Phi) is 14.2. The minimum Gasteiger partial charge on any atom is -0.300 e. The average molecular weight is 146 g/mol. The van der Waals surface area contributed by atoms with Crippen LogP contribution in [0.15, 0.2) is 0 Å². The second-order valence-corrected chi connectivity index (χ2v) is 2.12. The zero-order chi connectivity index (χ0) is 6.57. The van der Waals surface area contributed by atoms with Crippen LogP contribution < -0.4 is 0 Å². The molecular weight excluding hydrogens is 124 g/mol. The number of hydrogen-bond acceptors (Lipinski definition) is 1. The molecule has 0 rings (SSSR count). The molecule has 0 radical (unpaired) electrons. The van der Waals surface area contributed by atoms with Gasteiger partial charge in [-0.15, -0.1) is 0 Å². The molecule has 0 heterocycles. The van der Waals surface area contributed by atoms with Gasteiger partial charge in [0.2, 0.25) is 0 Å². The minimum atomic E-state index is 0. The molecule has 0 aliphatic carbocycles. The van der Waals surface area contributed by atoms with Gasteiger partial charge in [-0.3, -0.25) is 4.79 Å². The second-order valence-electron chi connectivity index (χ2n) is 2.12. The van der Waals surface area contributed by atoms with Crippen molar-refractivity contribution in [3.63, 3.8) is 0 Å². The van der Waals surface area contributed by atoms with Gasteiger partial charge in [0.05, 0.1) is 0 Å². The van der Waals surface area contributed by atoms with E-state index in [9.17, 15) is 4.79 Å². The summed E-state index contributed by atoms with van der Waals surface area (Å²) in [5.74, 6) is 0.644. The highest BCUT2D eigenvalue weighted by Crippen LogP contribution is 2.06. The summed E-state index contributed by atoms with van der Waals surface area (Å²) in [5, 5.41) is 0. The first kappa shape index (κ1) is 16.3. The maximum atomic E-state index is 10.6. The Balaban J connectivity index is -0.000000245. The quantitative estimate of drug-likeness (QED) is 0.597. The molecule has 0 bridgehead atoms. The lowest BCUT2D eigenvalue weighted by Crippen LogP contribution is -2.07. The molecule has 0 N–H and O–H groups in total. The second kappa shape index (κ2) is 8.67. The first-order valence-corrected chi connectivity index (χ1v) is 3.22. The molecule has 10 heavy (non-hydrogen) atoms. The largest absolute Gasteiger partial charge is 0.300 e. The van der Waals surface area contributed by atoms with Gasteiger partial charge in [0.15, 0.2) is 0 Å². The van der Waals surface area contributed by atoms with Crippen LogP contribution in [0.4, 0.5) is 0 Å². The van der Waals surface area contributed by atoms with Crippen molar-refractivity contribution in [3.05, 3.63) is 0 Å². The summed E-state index contributed by atoms with van der Waals surface area (Å²) < 4.78 is 0. The molecule has 0 unspecified atom stereocenters. The minimum absolute atomic E-state index is 0. The Morgan fingerprint density at radius 2 is 1.50 bits per heavy atom. The number of carbonyl (C=O) groups is 1. The fourth-order valence-corrected chi connectivity index (χ4v) is 0.864. The van der Waals surface area contributed by atoms with E-state index in [0.29, 0.717) is 11.7 Å². The van der Waals surface area contributed by atoms with Gasteiger partial charge in [0.1, 0.15) is 5.78 Å². The van der Waals surface area contributed by atoms with Crippen molar-refractivity contribution in [2.24, 2.45) is 5.92 Å². The zero-order valence-electron chi connectivity index (χ0n) is 5.90. The zero-order valence-corrected chi connectivity index (χ0v) is 5.90. The fourth-order valence-electron chi connectivity index (χ4n) is 0.864. The molecule has 0 fully saturated rings. The molecule has 0 aromatic rings. The average Bonchev–Trinajstić information content (AvgIpc) is 1.69. The molecule has 0 amide bonds. The number of ketones is 1. The van der Waals surface area contributed by atoms with E-state index in [2.05, 4.69) is 13.8 Å². The van der Waals surface area contributed by atoms with Gasteiger partial charge in [-0.1, -0.05) is 28.7 Å². The predicted octanol–water partition coefficient (Wildman–Crippen LogP) is 3.28. The van der Waals surface area contributed by atoms with Crippen LogP contribution in [0.1, 0.15) is 48.5 Å². The molecule has 0 spiro atoms. The monoisotopic (exact) mass is 146 g/mol. The molecule has 1 nitrogen and oxygen atoms in total. The van der Waals surface area contributed by atoms with Gasteiger partial charge in [-0.05, 0) is 19.8 Å². The molecule has 0 atom stereocenters. The van der Waals surface area contributed by atoms with Gasteiger partial charge in [0, 0.05) is 5.92 Å². The fraction of sp³-hybridized carbons (Fsp3) is 0.889. The molecule has 1 heteroatoms. The Morgan fingerprint density at radius 3 is 1.50 bits per heavy atom. The number of carbonyl (C=O) groups excluding carboxylic acids is 1. The van der Waals surface area contributed by atoms with Gasteiger partial charge in [-0.2, -0.15) is 0 Å². The summed E-state index contributed by atoms with van der Waals surface area (Å²) >= 11 is 0. The van der Waals surface area contributed by atoms with Crippen LogP contribution in [0.2, 0.25) is 0 Å². The van der Waals surface area contributed by atoms with E-state index >= 15 is 0 Å². The van der Waals surface area contributed by atoms with Crippen LogP contribution in [0, 0.1) is 5.92 Å². The maximum absolute atomic E-state index is 10.6. The summed E-state index contributed by atoms with van der Waals surface area (Å²) in [6.45, 7) is 5.77. The van der Waals surface area contributed by atoms with Crippen LogP contribution in [0.3, 0.4) is 0 Å². The highest BCUT2D eigenvalue weighted by Gasteiger charge is 2.06. The van der Waals surface area contributed by atoms with Crippen LogP contribution >= 0.6 is 0 Å². The van der Waals surface area contributed by atoms with Crippen molar-refractivity contribution >= 4 is 5.78 Å². The van der Waals surface area contributed by atoms with Crippen molar-refractivity contribution in [1.29, 1.82) is 0 Å². The van der Waals surface area contributed by atoms with Crippen LogP contribution in [0.25, 0.3) is 0 Å². The van der Waals surface area contributed by atoms with Gasteiger partial charge in [0.25, 0.3) is 0 Å². The summed E-state index contributed by atoms with van der Waals surface area (Å²) in [7, 11) is 0. The van der Waals surface area contributed by atoms with Crippen molar-refractivity contribution in [3.8, 4) is 0 Å². The molecule has 0 aliphatic heterocycles. The van der Waals surface area contributed by atoms with E-state index < -0.39 is 0 Å². The highest BCUT2D eigenvalue weighted by molar-refractivity contribution is 5.78. The normalized spacial score (nSPS) is 8.00. The lowest BCUT2D eigenvalue weighted by Gasteiger charge is -2.04. The first-order valence-electron chi connectivity index (χ1n) is 3.22. The van der Waals surface area contributed by atoms with Crippen LogP contribution in [0.5, 0.6) is 0 Å². The molecule has 0 aliphatic rings. The SMILES string of the molecule is C.C.CCC(CC)C(C)=O. The Labute approximate surface area is 65.8 Å². The smallest absolute Gasteiger partial charge is 0.132 e. The number of rotatable bonds is 3. The molecular formula is C9H22O. The van der Waals surface area contributed by atoms with Crippen molar-refractivity contribution in [2.75, 3.05) is 0 Å². The van der Waals surface area contributed by atoms with Crippen molar-refractivity contribution in [1.82, 2.24) is 0 Å². The maximum Gasteiger partial charge on any atom is 0.132 e. The summed E-state index contributed by atoms with van der Waals surface area (Å²) in [6.07, 6.45) is 1.98. The van der Waals surface area contributed by atoms with Crippen molar-refractivity contribution < 1.29 is 4.79 Å². The first-order chi connectivity index (χ1) is 3.72. The molecule has 0 saturated carbocycles. The van der Waals surface area contributed by atoms with E-state index in [1.807, 2.05) is 0 Å². The molecule has 0 saturated heterocycles. The lowest BCUT2D eigenvalue weighted by molar-refractivity contribution is -0.120. The molecule has 0 aromatic heterocycles. The highest BCUT2D eigenvalue weighted by atomic mass is 16.1. The van der Waals surface area contributed by atoms with E-state index in [0.717, 1.165) is 12.8 Å². The Bertz CT molecular complexity index is 72.8. The third kappa shape index (κ3) is 5.80. The third-order valence-corrected chi connectivity index (χ3v) is 1.56. The molecule has 0 aromatic carbocycles. The standard InChI is InChI=1S/C7H14O.2CH4/c1-4-7(5-2)6(3)8;;/h7H,4-5H2,1-3H3;2*1H4. The lowest BCUT2D eigenvalue weighted by atomic mass is 10.00. The van der Waals surface area contributed by atoms with Gasteiger partial charge < -0.3 is 0 Å². The predicted molar refractivity (Wildman–Crippen MR) is 48.2 cm³/mol. The topological polar surface area (TPSA) is 17.1 Å². The van der Waals surface area contributed by atoms with E-state index in [-0.39, 0.29) is 14.9 Å².